The number of hydrazone groups is 1. The largest absolute Gasteiger partial charge is 0.497 e. The first-order valence-corrected chi connectivity index (χ1v) is 12.3. The summed E-state index contributed by atoms with van der Waals surface area (Å²) in [5, 5.41) is 6.30. The van der Waals surface area contributed by atoms with Gasteiger partial charge in [0, 0.05) is 24.4 Å². The van der Waals surface area contributed by atoms with Crippen molar-refractivity contribution in [2.45, 2.75) is 19.0 Å². The van der Waals surface area contributed by atoms with E-state index in [0.717, 1.165) is 39.2 Å². The Morgan fingerprint density at radius 3 is 2.50 bits per heavy atom. The van der Waals surface area contributed by atoms with Crippen LogP contribution in [0.5, 0.6) is 5.75 Å². The Labute approximate surface area is 218 Å². The number of carbonyl (C=O) groups is 1. The molecule has 1 aliphatic rings. The molecule has 7 nitrogen and oxygen atoms in total. The van der Waals surface area contributed by atoms with Crippen molar-refractivity contribution in [1.82, 2.24) is 19.5 Å². The van der Waals surface area contributed by atoms with Gasteiger partial charge < -0.3 is 9.30 Å². The fourth-order valence-electron chi connectivity index (χ4n) is 4.80. The van der Waals surface area contributed by atoms with Gasteiger partial charge in [-0.1, -0.05) is 24.3 Å². The molecule has 8 heteroatoms. The van der Waals surface area contributed by atoms with E-state index in [4.69, 9.17) is 14.8 Å². The molecule has 3 aromatic carbocycles. The lowest BCUT2D eigenvalue weighted by atomic mass is 9.98. The maximum absolute atomic E-state index is 13.9. The Balaban J connectivity index is 1.39. The molecule has 0 radical (unpaired) electrons. The minimum atomic E-state index is -0.364. The van der Waals surface area contributed by atoms with E-state index in [1.54, 1.807) is 31.6 Å². The van der Waals surface area contributed by atoms with Crippen LogP contribution in [0.3, 0.4) is 0 Å². The second-order valence-corrected chi connectivity index (χ2v) is 9.04. The highest BCUT2D eigenvalue weighted by atomic mass is 19.1. The molecule has 188 valence electrons. The zero-order chi connectivity index (χ0) is 26.1. The van der Waals surface area contributed by atoms with Gasteiger partial charge in [-0.25, -0.2) is 14.4 Å². The second-order valence-electron chi connectivity index (χ2n) is 9.04. The first kappa shape index (κ1) is 23.5. The maximum atomic E-state index is 13.9. The van der Waals surface area contributed by atoms with Crippen LogP contribution in [0, 0.1) is 5.82 Å². The predicted octanol–water partition coefficient (Wildman–Crippen LogP) is 5.62. The number of hydrogen-bond acceptors (Lipinski definition) is 5. The Bertz CT molecular complexity index is 1630. The number of imidazole rings is 1. The summed E-state index contributed by atoms with van der Waals surface area (Å²) in [5.41, 5.74) is 4.94. The van der Waals surface area contributed by atoms with Gasteiger partial charge in [-0.2, -0.15) is 5.10 Å². The summed E-state index contributed by atoms with van der Waals surface area (Å²) in [6.45, 7) is 0.0296. The zero-order valence-electron chi connectivity index (χ0n) is 20.7. The van der Waals surface area contributed by atoms with Crippen molar-refractivity contribution in [1.29, 1.82) is 0 Å². The molecular weight excluding hydrogens is 481 g/mol. The first-order chi connectivity index (χ1) is 18.6. The Morgan fingerprint density at radius 1 is 0.974 bits per heavy atom. The van der Waals surface area contributed by atoms with Gasteiger partial charge in [0.25, 0.3) is 5.91 Å². The van der Waals surface area contributed by atoms with Gasteiger partial charge in [-0.05, 0) is 71.8 Å². The standard InChI is InChI=1S/C30H24FN5O2/c1-38-24-14-10-20(11-15-24)26-17-28(21-8-12-23(31)13-9-21)36(34-26)29(37)19-35-27-7-3-2-6-25(27)33-30(35)22-5-4-16-32-18-22/h2-16,18,28H,17,19H2,1H3. The van der Waals surface area contributed by atoms with Crippen molar-refractivity contribution in [3.05, 3.63) is 114 Å². The lowest BCUT2D eigenvalue weighted by molar-refractivity contribution is -0.133. The van der Waals surface area contributed by atoms with Crippen molar-refractivity contribution in [2.24, 2.45) is 5.10 Å². The van der Waals surface area contributed by atoms with Gasteiger partial charge in [-0.3, -0.25) is 9.78 Å². The van der Waals surface area contributed by atoms with Crippen molar-refractivity contribution in [2.75, 3.05) is 7.11 Å². The summed E-state index contributed by atoms with van der Waals surface area (Å²) >= 11 is 0. The normalized spacial score (nSPS) is 15.1. The summed E-state index contributed by atoms with van der Waals surface area (Å²) < 4.78 is 20.9. The average molecular weight is 506 g/mol. The molecule has 1 atom stereocenters. The molecule has 1 amide bonds. The average Bonchev–Trinajstić information content (AvgIpc) is 3.57. The molecule has 0 fully saturated rings. The summed E-state index contributed by atoms with van der Waals surface area (Å²) in [6.07, 6.45) is 3.94. The van der Waals surface area contributed by atoms with Crippen LogP contribution in [-0.4, -0.2) is 38.3 Å². The number of fused-ring (bicyclic) bond motifs is 1. The van der Waals surface area contributed by atoms with E-state index in [-0.39, 0.29) is 24.3 Å². The fourth-order valence-corrected chi connectivity index (χ4v) is 4.80. The van der Waals surface area contributed by atoms with Gasteiger partial charge >= 0.3 is 0 Å². The van der Waals surface area contributed by atoms with Crippen molar-refractivity contribution < 1.29 is 13.9 Å². The summed E-state index contributed by atoms with van der Waals surface area (Å²) in [4.78, 5) is 23.0. The highest BCUT2D eigenvalue weighted by molar-refractivity contribution is 6.03. The quantitative estimate of drug-likeness (QED) is 0.300. The number of amides is 1. The van der Waals surface area contributed by atoms with Gasteiger partial charge in [0.15, 0.2) is 0 Å². The number of aromatic nitrogens is 3. The van der Waals surface area contributed by atoms with Crippen LogP contribution in [-0.2, 0) is 11.3 Å². The van der Waals surface area contributed by atoms with E-state index in [0.29, 0.717) is 12.2 Å². The van der Waals surface area contributed by atoms with Crippen molar-refractivity contribution in [3.63, 3.8) is 0 Å². The van der Waals surface area contributed by atoms with Crippen LogP contribution in [0.15, 0.2) is 102 Å². The minimum Gasteiger partial charge on any atom is -0.497 e. The molecule has 0 aliphatic carbocycles. The number of rotatable bonds is 6. The van der Waals surface area contributed by atoms with Gasteiger partial charge in [0.05, 0.1) is 29.9 Å². The first-order valence-electron chi connectivity index (χ1n) is 12.3. The van der Waals surface area contributed by atoms with Gasteiger partial charge in [0.2, 0.25) is 0 Å². The van der Waals surface area contributed by atoms with Gasteiger partial charge in [-0.15, -0.1) is 0 Å². The van der Waals surface area contributed by atoms with E-state index < -0.39 is 0 Å². The van der Waals surface area contributed by atoms with E-state index in [1.165, 1.54) is 17.1 Å². The van der Waals surface area contributed by atoms with Crippen molar-refractivity contribution in [3.8, 4) is 17.1 Å². The fraction of sp³-hybridized carbons (Fsp3) is 0.133. The number of nitrogens with zero attached hydrogens (tertiary/aromatic N) is 5. The third kappa shape index (κ3) is 4.41. The molecule has 1 aliphatic heterocycles. The van der Waals surface area contributed by atoms with Crippen LogP contribution in [0.4, 0.5) is 4.39 Å². The summed E-state index contributed by atoms with van der Waals surface area (Å²) in [7, 11) is 1.62. The third-order valence-electron chi connectivity index (χ3n) is 6.71. The second kappa shape index (κ2) is 9.89. The minimum absolute atomic E-state index is 0.0296. The number of carbonyl (C=O) groups excluding carboxylic acids is 1. The lowest BCUT2D eigenvalue weighted by Gasteiger charge is -2.23. The van der Waals surface area contributed by atoms with Crippen LogP contribution < -0.4 is 4.74 Å². The molecule has 5 aromatic rings. The molecule has 2 aromatic heterocycles. The molecule has 38 heavy (non-hydrogen) atoms. The molecule has 0 saturated heterocycles. The predicted molar refractivity (Wildman–Crippen MR) is 143 cm³/mol. The number of pyridine rings is 1. The Hall–Kier alpha value is -4.85. The number of benzene rings is 3. The van der Waals surface area contributed by atoms with Gasteiger partial charge in [0.1, 0.15) is 23.9 Å². The van der Waals surface area contributed by atoms with E-state index in [2.05, 4.69) is 4.98 Å². The van der Waals surface area contributed by atoms with E-state index in [1.807, 2.05) is 65.2 Å². The number of hydrogen-bond donors (Lipinski definition) is 0. The van der Waals surface area contributed by atoms with Crippen LogP contribution >= 0.6 is 0 Å². The lowest BCUT2D eigenvalue weighted by Crippen LogP contribution is -2.30. The number of methoxy groups -OCH3 is 1. The Kier molecular flexibility index (Phi) is 6.13. The number of ether oxygens (including phenoxy) is 1. The van der Waals surface area contributed by atoms with Crippen LogP contribution in [0.1, 0.15) is 23.6 Å². The number of para-hydroxylation sites is 2. The molecule has 6 rings (SSSR count). The SMILES string of the molecule is COc1ccc(C2=NN(C(=O)Cn3c(-c4cccnc4)nc4ccccc43)C(c3ccc(F)cc3)C2)cc1. The maximum Gasteiger partial charge on any atom is 0.263 e. The molecule has 0 N–H and O–H groups in total. The third-order valence-corrected chi connectivity index (χ3v) is 6.71. The van der Waals surface area contributed by atoms with Crippen molar-refractivity contribution >= 4 is 22.7 Å². The van der Waals surface area contributed by atoms with Crippen LogP contribution in [0.25, 0.3) is 22.4 Å². The smallest absolute Gasteiger partial charge is 0.263 e. The molecule has 3 heterocycles. The zero-order valence-corrected chi connectivity index (χ0v) is 20.7. The van der Waals surface area contributed by atoms with E-state index in [9.17, 15) is 9.18 Å². The monoisotopic (exact) mass is 505 g/mol. The Morgan fingerprint density at radius 2 is 1.76 bits per heavy atom. The van der Waals surface area contributed by atoms with E-state index >= 15 is 0 Å². The molecule has 0 bridgehead atoms. The van der Waals surface area contributed by atoms with Crippen LogP contribution in [0.2, 0.25) is 0 Å². The summed E-state index contributed by atoms with van der Waals surface area (Å²) in [5.74, 6) is 0.873. The highest BCUT2D eigenvalue weighted by Crippen LogP contribution is 2.34. The molecule has 0 spiro atoms. The molecule has 0 saturated carbocycles. The topological polar surface area (TPSA) is 72.6 Å². The molecular formula is C30H24FN5O2. The highest BCUT2D eigenvalue weighted by Gasteiger charge is 2.34. The summed E-state index contributed by atoms with van der Waals surface area (Å²) in [6, 6.07) is 25.0. The molecule has 1 unspecified atom stereocenters. The number of halogens is 1.